The van der Waals surface area contributed by atoms with Crippen LogP contribution in [0.3, 0.4) is 0 Å². The zero-order valence-corrected chi connectivity index (χ0v) is 12.1. The number of hydrogen-bond acceptors (Lipinski definition) is 2. The van der Waals surface area contributed by atoms with Crippen LogP contribution in [0.25, 0.3) is 0 Å². The zero-order valence-electron chi connectivity index (χ0n) is 10.5. The Balaban J connectivity index is 2.40. The Bertz CT molecular complexity index is 653. The smallest absolute Gasteiger partial charge is 0.145 e. The maximum atomic E-state index is 13.0. The molecule has 0 saturated carbocycles. The molecule has 2 aromatic carbocycles. The standard InChI is InChI=1S/C15H11BrFNO/c1-9-5-13(6-10(2)15(9)16)19-14-4-3-12(17)7-11(14)8-18/h3-7H,1-2H3. The molecule has 0 heterocycles. The van der Waals surface area contributed by atoms with Crippen LogP contribution in [0.2, 0.25) is 0 Å². The number of ether oxygens (including phenoxy) is 1. The van der Waals surface area contributed by atoms with Crippen molar-refractivity contribution in [1.82, 2.24) is 0 Å². The lowest BCUT2D eigenvalue weighted by Crippen LogP contribution is -1.91. The minimum atomic E-state index is -0.452. The van der Waals surface area contributed by atoms with Gasteiger partial charge < -0.3 is 4.74 Å². The second kappa shape index (κ2) is 5.41. The van der Waals surface area contributed by atoms with Gasteiger partial charge in [0.05, 0.1) is 5.56 Å². The number of hydrogen-bond donors (Lipinski definition) is 0. The van der Waals surface area contributed by atoms with Crippen LogP contribution in [0.1, 0.15) is 16.7 Å². The summed E-state index contributed by atoms with van der Waals surface area (Å²) in [5.74, 6) is 0.526. The lowest BCUT2D eigenvalue weighted by molar-refractivity contribution is 0.478. The average molecular weight is 320 g/mol. The van der Waals surface area contributed by atoms with Crippen LogP contribution in [-0.2, 0) is 0 Å². The molecule has 0 N–H and O–H groups in total. The predicted octanol–water partition coefficient (Wildman–Crippen LogP) is 4.87. The highest BCUT2D eigenvalue weighted by Gasteiger charge is 2.08. The number of halogens is 2. The molecule has 0 unspecified atom stereocenters. The highest BCUT2D eigenvalue weighted by Crippen LogP contribution is 2.31. The highest BCUT2D eigenvalue weighted by molar-refractivity contribution is 9.10. The summed E-state index contributed by atoms with van der Waals surface area (Å²) >= 11 is 3.48. The van der Waals surface area contributed by atoms with Gasteiger partial charge in [0.15, 0.2) is 0 Å². The van der Waals surface area contributed by atoms with Crippen LogP contribution in [0.15, 0.2) is 34.8 Å². The fourth-order valence-corrected chi connectivity index (χ4v) is 2.00. The van der Waals surface area contributed by atoms with Crippen LogP contribution in [0, 0.1) is 31.0 Å². The number of nitrogens with zero attached hydrogens (tertiary/aromatic N) is 1. The van der Waals surface area contributed by atoms with E-state index in [2.05, 4.69) is 15.9 Å². The minimum absolute atomic E-state index is 0.179. The summed E-state index contributed by atoms with van der Waals surface area (Å²) in [6.45, 7) is 3.92. The molecule has 0 atom stereocenters. The van der Waals surface area contributed by atoms with Gasteiger partial charge in [0.25, 0.3) is 0 Å². The molecule has 0 bridgehead atoms. The van der Waals surface area contributed by atoms with E-state index in [0.29, 0.717) is 11.5 Å². The van der Waals surface area contributed by atoms with Crippen molar-refractivity contribution in [2.75, 3.05) is 0 Å². The molecule has 0 aliphatic rings. The molecule has 2 rings (SSSR count). The van der Waals surface area contributed by atoms with Gasteiger partial charge in [0, 0.05) is 4.47 Å². The first-order valence-electron chi connectivity index (χ1n) is 5.65. The first-order valence-corrected chi connectivity index (χ1v) is 6.45. The third-order valence-corrected chi connectivity index (χ3v) is 3.95. The largest absolute Gasteiger partial charge is 0.456 e. The summed E-state index contributed by atoms with van der Waals surface area (Å²) in [5, 5.41) is 8.97. The topological polar surface area (TPSA) is 33.0 Å². The average Bonchev–Trinajstić information content (AvgIpc) is 2.38. The fraction of sp³-hybridized carbons (Fsp3) is 0.133. The zero-order chi connectivity index (χ0) is 14.0. The molecule has 0 aromatic heterocycles. The molecule has 0 saturated heterocycles. The fourth-order valence-electron chi connectivity index (χ4n) is 1.77. The maximum absolute atomic E-state index is 13.0. The van der Waals surface area contributed by atoms with Crippen LogP contribution < -0.4 is 4.74 Å². The third kappa shape index (κ3) is 2.94. The molecule has 0 amide bonds. The first kappa shape index (κ1) is 13.6. The van der Waals surface area contributed by atoms with E-state index in [1.807, 2.05) is 32.0 Å². The summed E-state index contributed by atoms with van der Waals surface area (Å²) in [5.41, 5.74) is 2.25. The Morgan fingerprint density at radius 3 is 2.37 bits per heavy atom. The van der Waals surface area contributed by atoms with Crippen molar-refractivity contribution in [3.63, 3.8) is 0 Å². The van der Waals surface area contributed by atoms with E-state index < -0.39 is 5.82 Å². The SMILES string of the molecule is Cc1cc(Oc2ccc(F)cc2C#N)cc(C)c1Br. The molecular weight excluding hydrogens is 309 g/mol. The van der Waals surface area contributed by atoms with E-state index in [-0.39, 0.29) is 5.56 Å². The molecule has 96 valence electrons. The van der Waals surface area contributed by atoms with Crippen LogP contribution in [-0.4, -0.2) is 0 Å². The van der Waals surface area contributed by atoms with Crippen LogP contribution in [0.4, 0.5) is 4.39 Å². The van der Waals surface area contributed by atoms with Crippen molar-refractivity contribution < 1.29 is 9.13 Å². The van der Waals surface area contributed by atoms with Gasteiger partial charge in [-0.15, -0.1) is 0 Å². The lowest BCUT2D eigenvalue weighted by atomic mass is 10.1. The molecule has 0 aliphatic carbocycles. The summed E-state index contributed by atoms with van der Waals surface area (Å²) in [6, 6.07) is 9.54. The maximum Gasteiger partial charge on any atom is 0.145 e. The number of benzene rings is 2. The van der Waals surface area contributed by atoms with E-state index >= 15 is 0 Å². The van der Waals surface area contributed by atoms with Crippen molar-refractivity contribution in [3.8, 4) is 17.6 Å². The molecule has 0 radical (unpaired) electrons. The van der Waals surface area contributed by atoms with Gasteiger partial charge in [0.2, 0.25) is 0 Å². The van der Waals surface area contributed by atoms with Gasteiger partial charge in [-0.3, -0.25) is 0 Å². The first-order chi connectivity index (χ1) is 9.01. The lowest BCUT2D eigenvalue weighted by Gasteiger charge is -2.10. The van der Waals surface area contributed by atoms with Gasteiger partial charge in [-0.2, -0.15) is 5.26 Å². The Labute approximate surface area is 119 Å². The minimum Gasteiger partial charge on any atom is -0.456 e. The number of aryl methyl sites for hydroxylation is 2. The van der Waals surface area contributed by atoms with Gasteiger partial charge in [-0.25, -0.2) is 4.39 Å². The molecule has 0 spiro atoms. The van der Waals surface area contributed by atoms with Gasteiger partial charge >= 0.3 is 0 Å². The van der Waals surface area contributed by atoms with Crippen molar-refractivity contribution in [2.24, 2.45) is 0 Å². The molecule has 0 aliphatic heterocycles. The molecule has 2 aromatic rings. The van der Waals surface area contributed by atoms with Gasteiger partial charge in [-0.1, -0.05) is 15.9 Å². The van der Waals surface area contributed by atoms with Crippen molar-refractivity contribution in [2.45, 2.75) is 13.8 Å². The van der Waals surface area contributed by atoms with Crippen LogP contribution in [0.5, 0.6) is 11.5 Å². The van der Waals surface area contributed by atoms with Gasteiger partial charge in [0.1, 0.15) is 23.4 Å². The van der Waals surface area contributed by atoms with Crippen LogP contribution >= 0.6 is 15.9 Å². The summed E-state index contributed by atoms with van der Waals surface area (Å²) in [4.78, 5) is 0. The van der Waals surface area contributed by atoms with E-state index in [1.54, 1.807) is 0 Å². The Morgan fingerprint density at radius 1 is 1.16 bits per heavy atom. The number of rotatable bonds is 2. The normalized spacial score (nSPS) is 10.1. The Morgan fingerprint density at radius 2 is 1.79 bits per heavy atom. The molecule has 19 heavy (non-hydrogen) atoms. The second-order valence-electron chi connectivity index (χ2n) is 4.23. The Kier molecular flexibility index (Phi) is 3.87. The Hall–Kier alpha value is -1.86. The molecular formula is C15H11BrFNO. The van der Waals surface area contributed by atoms with E-state index in [9.17, 15) is 4.39 Å². The molecule has 2 nitrogen and oxygen atoms in total. The monoisotopic (exact) mass is 319 g/mol. The molecule has 4 heteroatoms. The summed E-state index contributed by atoms with van der Waals surface area (Å²) < 4.78 is 19.7. The quantitative estimate of drug-likeness (QED) is 0.791. The highest BCUT2D eigenvalue weighted by atomic mass is 79.9. The van der Waals surface area contributed by atoms with Crippen molar-refractivity contribution in [1.29, 1.82) is 5.26 Å². The summed E-state index contributed by atoms with van der Waals surface area (Å²) in [7, 11) is 0. The summed E-state index contributed by atoms with van der Waals surface area (Å²) in [6.07, 6.45) is 0. The van der Waals surface area contributed by atoms with Crippen molar-refractivity contribution in [3.05, 3.63) is 57.3 Å². The number of nitriles is 1. The van der Waals surface area contributed by atoms with E-state index in [4.69, 9.17) is 10.00 Å². The third-order valence-electron chi connectivity index (χ3n) is 2.70. The van der Waals surface area contributed by atoms with E-state index in [0.717, 1.165) is 21.7 Å². The second-order valence-corrected chi connectivity index (χ2v) is 5.02. The molecule has 0 fully saturated rings. The predicted molar refractivity (Wildman–Crippen MR) is 74.8 cm³/mol. The van der Waals surface area contributed by atoms with E-state index in [1.165, 1.54) is 12.1 Å². The van der Waals surface area contributed by atoms with Gasteiger partial charge in [-0.05, 0) is 55.3 Å². The van der Waals surface area contributed by atoms with Crippen molar-refractivity contribution >= 4 is 15.9 Å².